The van der Waals surface area contributed by atoms with Crippen LogP contribution in [0.25, 0.3) is 16.0 Å². The van der Waals surface area contributed by atoms with Crippen LogP contribution in [0.15, 0.2) is 197 Å². The van der Waals surface area contributed by atoms with Crippen molar-refractivity contribution in [2.45, 2.75) is 140 Å². The van der Waals surface area contributed by atoms with Crippen molar-refractivity contribution in [3.63, 3.8) is 0 Å². The summed E-state index contributed by atoms with van der Waals surface area (Å²) < 4.78 is 0. The minimum absolute atomic E-state index is 0. The Morgan fingerprint density at radius 2 is 0.443 bits per heavy atom. The maximum Gasteiger partial charge on any atom is 3.00 e. The van der Waals surface area contributed by atoms with Crippen molar-refractivity contribution >= 4 is 17.5 Å². The van der Waals surface area contributed by atoms with Crippen LogP contribution in [0.5, 0.6) is 0 Å². The Hall–Kier alpha value is -5.17. The van der Waals surface area contributed by atoms with Gasteiger partial charge < -0.3 is 30.9 Å². The third-order valence-electron chi connectivity index (χ3n) is 11.6. The second-order valence-electron chi connectivity index (χ2n) is 21.0. The predicted octanol–water partition coefficient (Wildman–Crippen LogP) is 19.0. The molecule has 6 rings (SSSR count). The molecule has 0 unspecified atom stereocenters. The summed E-state index contributed by atoms with van der Waals surface area (Å²) in [6.45, 7) is 32.3. The fourth-order valence-corrected chi connectivity index (χ4v) is 7.20. The van der Waals surface area contributed by atoms with Crippen molar-refractivity contribution in [3.8, 4) is 0 Å². The molecule has 0 bridgehead atoms. The molecule has 0 amide bonds. The molecule has 6 aromatic carbocycles. The number of hydrogen-bond donors (Lipinski definition) is 0. The minimum Gasteiger partial charge on any atom is -0.461 e. The van der Waals surface area contributed by atoms with Crippen molar-refractivity contribution in [2.75, 3.05) is 0 Å². The van der Waals surface area contributed by atoms with Crippen molar-refractivity contribution in [1.82, 2.24) is 0 Å². The van der Waals surface area contributed by atoms with Crippen molar-refractivity contribution < 1.29 is 32.7 Å². The molecule has 6 aromatic rings. The maximum atomic E-state index is 4.93. The topological polar surface area (TPSA) is 79.4 Å². The van der Waals surface area contributed by atoms with Gasteiger partial charge in [-0.05, 0) is 85.9 Å². The van der Waals surface area contributed by atoms with Gasteiger partial charge >= 0.3 is 32.7 Å². The van der Waals surface area contributed by atoms with Gasteiger partial charge in [-0.1, -0.05) is 303 Å². The van der Waals surface area contributed by atoms with E-state index < -0.39 is 0 Å². The van der Waals surface area contributed by atoms with Gasteiger partial charge in [-0.2, -0.15) is 0 Å². The molecule has 366 valence electrons. The van der Waals surface area contributed by atoms with E-state index in [1.54, 1.807) is 0 Å². The van der Waals surface area contributed by atoms with E-state index in [1.807, 2.05) is 36.4 Å². The van der Waals surface area contributed by atoms with Crippen LogP contribution < -0.4 is 0 Å². The van der Waals surface area contributed by atoms with Crippen molar-refractivity contribution in [3.05, 3.63) is 231 Å². The van der Waals surface area contributed by atoms with E-state index in [0.717, 1.165) is 17.5 Å². The van der Waals surface area contributed by atoms with Gasteiger partial charge in [0.1, 0.15) is 0 Å². The molecule has 0 aliphatic heterocycles. The fraction of sp³-hybridized carbons (Fsp3) is 0.381. The molecule has 0 N–H and O–H groups in total. The monoisotopic (exact) mass is 1010 g/mol. The van der Waals surface area contributed by atoms with E-state index in [-0.39, 0.29) is 85.2 Å². The van der Waals surface area contributed by atoms with Crippen LogP contribution >= 0.6 is 0 Å². The van der Waals surface area contributed by atoms with E-state index in [2.05, 4.69) is 249 Å². The Morgan fingerprint density at radius 1 is 0.286 bits per heavy atom. The molecule has 0 aliphatic rings. The first-order chi connectivity index (χ1) is 32.6. The average Bonchev–Trinajstić information content (AvgIpc) is 3.34. The first-order valence-corrected chi connectivity index (χ1v) is 24.8. The zero-order chi connectivity index (χ0) is 50.6. The standard InChI is InChI=1S/3C21H27N2.Y/c3*1-16(18-12-8-6-9-13-18)22-20(21(3,4)5)23-17(2)19-14-10-7-11-15-19;/h3*6-17H,1-5H3;/q3*-1;+3/t3*16-,17-;/m000./s1. The Labute approximate surface area is 449 Å². The molecule has 0 fully saturated rings. The van der Waals surface area contributed by atoms with Crippen LogP contribution in [0.2, 0.25) is 0 Å². The summed E-state index contributed by atoms with van der Waals surface area (Å²) in [5.74, 6) is 2.76. The molecule has 0 radical (unpaired) electrons. The van der Waals surface area contributed by atoms with Crippen LogP contribution in [-0.2, 0) is 32.7 Å². The Balaban J connectivity index is 0.000000276. The first kappa shape index (κ1) is 59.1. The van der Waals surface area contributed by atoms with E-state index in [0.29, 0.717) is 0 Å². The van der Waals surface area contributed by atoms with Gasteiger partial charge in [-0.3, -0.25) is 0 Å². The van der Waals surface area contributed by atoms with Gasteiger partial charge in [0.15, 0.2) is 0 Å². The Bertz CT molecular complexity index is 2160. The summed E-state index contributed by atoms with van der Waals surface area (Å²) in [6.07, 6.45) is 0. The maximum absolute atomic E-state index is 4.93. The summed E-state index contributed by atoms with van der Waals surface area (Å²) in [5, 5.41) is 14.8. The zero-order valence-corrected chi connectivity index (χ0v) is 47.9. The van der Waals surface area contributed by atoms with Crippen LogP contribution in [-0.4, -0.2) is 17.5 Å². The summed E-state index contributed by atoms with van der Waals surface area (Å²) in [7, 11) is 0. The SMILES string of the molecule is C[C@H](N=C([N-][C@@H](C)c1ccccc1)C(C)(C)C)c1ccccc1.C[C@H](N=C([N-][C@@H](C)c1ccccc1)C(C)(C)C)c1ccccc1.C[C@H](N=C([N-][C@@H](C)c1ccccc1)C(C)(C)C)c1ccccc1.[Y+3]. The van der Waals surface area contributed by atoms with Gasteiger partial charge in [0.25, 0.3) is 0 Å². The van der Waals surface area contributed by atoms with Crippen LogP contribution in [0.3, 0.4) is 0 Å². The van der Waals surface area contributed by atoms with Gasteiger partial charge in [-0.25, -0.2) is 0 Å². The summed E-state index contributed by atoms with van der Waals surface area (Å²) in [4.78, 5) is 14.8. The van der Waals surface area contributed by atoms with E-state index in [9.17, 15) is 0 Å². The molecular formula is C63H81N6Y. The predicted molar refractivity (Wildman–Crippen MR) is 300 cm³/mol. The number of nitrogens with zero attached hydrogens (tertiary/aromatic N) is 6. The fourth-order valence-electron chi connectivity index (χ4n) is 7.20. The molecule has 0 saturated heterocycles. The summed E-state index contributed by atoms with van der Waals surface area (Å²) >= 11 is 0. The molecule has 6 atom stereocenters. The number of hydrogen-bond acceptors (Lipinski definition) is 3. The number of aliphatic imine (C=N–C) groups is 3. The molecule has 0 aromatic heterocycles. The van der Waals surface area contributed by atoms with E-state index >= 15 is 0 Å². The zero-order valence-electron chi connectivity index (χ0n) is 45.0. The number of rotatable bonds is 12. The van der Waals surface area contributed by atoms with Crippen molar-refractivity contribution in [2.24, 2.45) is 31.2 Å². The first-order valence-electron chi connectivity index (χ1n) is 24.8. The molecule has 0 saturated carbocycles. The average molecular weight is 1010 g/mol. The molecule has 0 aliphatic carbocycles. The third kappa shape index (κ3) is 20.3. The minimum atomic E-state index is -0.0773. The largest absolute Gasteiger partial charge is 3.00 e. The smallest absolute Gasteiger partial charge is 0.461 e. The van der Waals surface area contributed by atoms with Gasteiger partial charge in [0.2, 0.25) is 0 Å². The molecule has 70 heavy (non-hydrogen) atoms. The molecule has 6 nitrogen and oxygen atoms in total. The van der Waals surface area contributed by atoms with Crippen LogP contribution in [0.1, 0.15) is 173 Å². The van der Waals surface area contributed by atoms with Gasteiger partial charge in [0.05, 0.1) is 0 Å². The molecular weight excluding hydrogens is 930 g/mol. The summed E-state index contributed by atoms with van der Waals surface area (Å²) in [5.41, 5.74) is 7.08. The Morgan fingerprint density at radius 3 is 0.600 bits per heavy atom. The second-order valence-corrected chi connectivity index (χ2v) is 21.0. The quantitative estimate of drug-likeness (QED) is 0.0865. The van der Waals surface area contributed by atoms with Gasteiger partial charge in [0, 0.05) is 0 Å². The summed E-state index contributed by atoms with van der Waals surface area (Å²) in [6, 6.07) is 63.0. The van der Waals surface area contributed by atoms with Crippen LogP contribution in [0, 0.1) is 16.2 Å². The number of benzene rings is 6. The van der Waals surface area contributed by atoms with E-state index in [4.69, 9.17) is 30.9 Å². The molecule has 7 heteroatoms. The number of amidine groups is 3. The van der Waals surface area contributed by atoms with Gasteiger partial charge in [-0.15, -0.1) is 0 Å². The van der Waals surface area contributed by atoms with E-state index in [1.165, 1.54) is 33.4 Å². The third-order valence-corrected chi connectivity index (χ3v) is 11.6. The van der Waals surface area contributed by atoms with Crippen LogP contribution in [0.4, 0.5) is 0 Å². The molecule has 0 heterocycles. The van der Waals surface area contributed by atoms with Crippen molar-refractivity contribution in [1.29, 1.82) is 0 Å². The second kappa shape index (κ2) is 28.6. The normalized spacial score (nSPS) is 14.9. The Kier molecular flexibility index (Phi) is 24.2. The molecule has 0 spiro atoms.